The highest BCUT2D eigenvalue weighted by Gasteiger charge is 2.09. The minimum atomic E-state index is -0.224. The molecule has 2 aromatic heterocycles. The van der Waals surface area contributed by atoms with Crippen LogP contribution in [-0.2, 0) is 6.61 Å². The Kier molecular flexibility index (Phi) is 5.05. The maximum Gasteiger partial charge on any atom is 0.267 e. The van der Waals surface area contributed by atoms with E-state index in [-0.39, 0.29) is 17.6 Å². The number of nitrogens with one attached hydrogen (secondary N) is 2. The van der Waals surface area contributed by atoms with Gasteiger partial charge in [0.2, 0.25) is 6.61 Å². The molecule has 0 radical (unpaired) electrons. The lowest BCUT2D eigenvalue weighted by molar-refractivity contribution is 0.0981. The van der Waals surface area contributed by atoms with E-state index in [1.54, 1.807) is 12.1 Å². The van der Waals surface area contributed by atoms with E-state index in [2.05, 4.69) is 10.6 Å². The van der Waals surface area contributed by atoms with Crippen molar-refractivity contribution in [2.45, 2.75) is 6.61 Å². The fourth-order valence-corrected chi connectivity index (χ4v) is 2.91. The number of rotatable bonds is 4. The summed E-state index contributed by atoms with van der Waals surface area (Å²) in [6.45, 7) is 0.123. The van der Waals surface area contributed by atoms with Crippen molar-refractivity contribution in [3.63, 3.8) is 0 Å². The minimum absolute atomic E-state index is 0.123. The van der Waals surface area contributed by atoms with E-state index < -0.39 is 0 Å². The van der Waals surface area contributed by atoms with E-state index >= 15 is 0 Å². The molecule has 0 bridgehead atoms. The van der Waals surface area contributed by atoms with Gasteiger partial charge < -0.3 is 14.8 Å². The van der Waals surface area contributed by atoms with Gasteiger partial charge in [0.15, 0.2) is 10.9 Å². The van der Waals surface area contributed by atoms with Gasteiger partial charge >= 0.3 is 0 Å². The van der Waals surface area contributed by atoms with Crippen molar-refractivity contribution in [1.29, 1.82) is 0 Å². The van der Waals surface area contributed by atoms with Crippen LogP contribution in [-0.4, -0.2) is 16.1 Å². The Morgan fingerprint density at radius 1 is 1.17 bits per heavy atom. The summed E-state index contributed by atoms with van der Waals surface area (Å²) >= 11 is 6.51. The fraction of sp³-hybridized carbons (Fsp3) is 0.0588. The molecule has 0 saturated heterocycles. The van der Waals surface area contributed by atoms with Crippen molar-refractivity contribution >= 4 is 40.3 Å². The van der Waals surface area contributed by atoms with Gasteiger partial charge in [-0.3, -0.25) is 10.1 Å². The molecule has 7 heteroatoms. The number of thiocarbonyl (C=S) groups is 1. The van der Waals surface area contributed by atoms with E-state index in [0.29, 0.717) is 10.6 Å². The highest BCUT2D eigenvalue weighted by molar-refractivity contribution is 7.80. The number of carbonyl (C=O) groups is 1. The minimum Gasteiger partial charge on any atom is -0.453 e. The molecule has 4 N–H and O–H groups in total. The Morgan fingerprint density at radius 2 is 1.96 bits per heavy atom. The number of anilines is 1. The van der Waals surface area contributed by atoms with Crippen LogP contribution in [0.4, 0.5) is 5.69 Å². The van der Waals surface area contributed by atoms with Crippen molar-refractivity contribution < 1.29 is 14.3 Å². The molecule has 0 aliphatic rings. The zero-order chi connectivity index (χ0) is 16.9. The summed E-state index contributed by atoms with van der Waals surface area (Å²) in [5, 5.41) is 15.0. The van der Waals surface area contributed by atoms with Gasteiger partial charge in [-0.1, -0.05) is 6.07 Å². The SMILES string of the molecule is O=C(NC(=S)Nc1ccc(-c2ccc(C[OH2+])o2)cc1)c1cccs1. The zero-order valence-corrected chi connectivity index (χ0v) is 14.2. The van der Waals surface area contributed by atoms with Crippen molar-refractivity contribution in [2.24, 2.45) is 0 Å². The molecule has 0 atom stereocenters. The molecular weight excluding hydrogens is 344 g/mol. The van der Waals surface area contributed by atoms with E-state index in [9.17, 15) is 4.79 Å². The van der Waals surface area contributed by atoms with Crippen LogP contribution in [0.3, 0.4) is 0 Å². The lowest BCUT2D eigenvalue weighted by atomic mass is 10.1. The van der Waals surface area contributed by atoms with Crippen LogP contribution in [0, 0.1) is 0 Å². The van der Waals surface area contributed by atoms with Crippen LogP contribution >= 0.6 is 23.6 Å². The number of benzene rings is 1. The largest absolute Gasteiger partial charge is 0.453 e. The van der Waals surface area contributed by atoms with Gasteiger partial charge in [0.05, 0.1) is 4.88 Å². The molecule has 0 aliphatic carbocycles. The van der Waals surface area contributed by atoms with E-state index in [1.165, 1.54) is 11.3 Å². The molecule has 122 valence electrons. The maximum atomic E-state index is 11.9. The second kappa shape index (κ2) is 7.39. The lowest BCUT2D eigenvalue weighted by Crippen LogP contribution is -2.33. The molecule has 0 spiro atoms. The van der Waals surface area contributed by atoms with Gasteiger partial charge in [-0.15, -0.1) is 11.3 Å². The molecule has 0 aliphatic heterocycles. The first-order chi connectivity index (χ1) is 11.7. The summed E-state index contributed by atoms with van der Waals surface area (Å²) < 4.78 is 5.54. The number of furan rings is 1. The molecule has 3 rings (SSSR count). The smallest absolute Gasteiger partial charge is 0.267 e. The van der Waals surface area contributed by atoms with Crippen molar-refractivity contribution in [1.82, 2.24) is 5.32 Å². The van der Waals surface area contributed by atoms with E-state index in [1.807, 2.05) is 41.8 Å². The Balaban J connectivity index is 1.61. The summed E-state index contributed by atoms with van der Waals surface area (Å²) in [5.74, 6) is 1.12. The second-order valence-electron chi connectivity index (χ2n) is 4.91. The van der Waals surface area contributed by atoms with Gasteiger partial charge in [-0.2, -0.15) is 0 Å². The number of amides is 1. The number of carbonyl (C=O) groups excluding carboxylic acids is 1. The third-order valence-corrected chi connectivity index (χ3v) is 4.31. The van der Waals surface area contributed by atoms with Crippen LogP contribution in [0.5, 0.6) is 0 Å². The maximum absolute atomic E-state index is 11.9. The highest BCUT2D eigenvalue weighted by Crippen LogP contribution is 2.23. The molecule has 3 aromatic rings. The van der Waals surface area contributed by atoms with E-state index in [4.69, 9.17) is 21.7 Å². The average Bonchev–Trinajstić information content (AvgIpc) is 3.27. The molecular formula is C17H15N2O3S2+. The average molecular weight is 359 g/mol. The summed E-state index contributed by atoms with van der Waals surface area (Å²) in [6, 6.07) is 14.7. The van der Waals surface area contributed by atoms with Gasteiger partial charge in [0.1, 0.15) is 5.76 Å². The topological polar surface area (TPSA) is 77.2 Å². The number of hydrogen-bond donors (Lipinski definition) is 2. The first kappa shape index (κ1) is 16.4. The fourth-order valence-electron chi connectivity index (χ4n) is 2.08. The second-order valence-corrected chi connectivity index (χ2v) is 6.26. The normalized spacial score (nSPS) is 10.4. The van der Waals surface area contributed by atoms with Gasteiger partial charge in [-0.05, 0) is 60.1 Å². The number of hydrogen-bond acceptors (Lipinski definition) is 4. The predicted octanol–water partition coefficient (Wildman–Crippen LogP) is 3.36. The van der Waals surface area contributed by atoms with Crippen molar-refractivity contribution in [3.05, 3.63) is 64.5 Å². The van der Waals surface area contributed by atoms with Crippen LogP contribution < -0.4 is 10.6 Å². The third kappa shape index (κ3) is 3.88. The molecule has 1 amide bonds. The number of thiophene rings is 1. The Morgan fingerprint density at radius 3 is 2.58 bits per heavy atom. The quantitative estimate of drug-likeness (QED) is 0.553. The Labute approximate surface area is 147 Å². The summed E-state index contributed by atoms with van der Waals surface area (Å²) in [7, 11) is 0. The van der Waals surface area contributed by atoms with Crippen LogP contribution in [0.2, 0.25) is 0 Å². The molecule has 2 heterocycles. The van der Waals surface area contributed by atoms with Crippen LogP contribution in [0.1, 0.15) is 15.4 Å². The van der Waals surface area contributed by atoms with Gasteiger partial charge in [0.25, 0.3) is 5.91 Å². The molecule has 24 heavy (non-hydrogen) atoms. The Hall–Kier alpha value is -2.48. The Bertz CT molecular complexity index is 839. The summed E-state index contributed by atoms with van der Waals surface area (Å²) in [4.78, 5) is 12.5. The van der Waals surface area contributed by atoms with Crippen LogP contribution in [0.25, 0.3) is 11.3 Å². The predicted molar refractivity (Wildman–Crippen MR) is 99.5 cm³/mol. The van der Waals surface area contributed by atoms with Gasteiger partial charge in [-0.25, -0.2) is 0 Å². The molecule has 1 aromatic carbocycles. The zero-order valence-electron chi connectivity index (χ0n) is 12.5. The molecule has 0 saturated carbocycles. The van der Waals surface area contributed by atoms with Crippen molar-refractivity contribution in [2.75, 3.05) is 5.32 Å². The van der Waals surface area contributed by atoms with E-state index in [0.717, 1.165) is 17.0 Å². The first-order valence-electron chi connectivity index (χ1n) is 7.15. The first-order valence-corrected chi connectivity index (χ1v) is 8.44. The summed E-state index contributed by atoms with van der Waals surface area (Å²) in [6.07, 6.45) is 0. The van der Waals surface area contributed by atoms with Gasteiger partial charge in [0, 0.05) is 11.3 Å². The summed E-state index contributed by atoms with van der Waals surface area (Å²) in [5.41, 5.74) is 1.68. The molecule has 0 fully saturated rings. The monoisotopic (exact) mass is 359 g/mol. The standard InChI is InChI=1S/C17H14N2O3S2/c20-10-13-7-8-14(22-13)11-3-5-12(6-4-11)18-17(23)19-16(21)15-2-1-9-24-15/h1-9,20H,10H2,(H2,18,19,21,23)/p+1. The lowest BCUT2D eigenvalue weighted by Gasteiger charge is -2.09. The highest BCUT2D eigenvalue weighted by atomic mass is 32.1. The third-order valence-electron chi connectivity index (χ3n) is 3.24. The van der Waals surface area contributed by atoms with Crippen molar-refractivity contribution in [3.8, 4) is 11.3 Å². The van der Waals surface area contributed by atoms with Crippen LogP contribution in [0.15, 0.2) is 58.3 Å². The molecule has 5 nitrogen and oxygen atoms in total. The molecule has 0 unspecified atom stereocenters.